The predicted octanol–water partition coefficient (Wildman–Crippen LogP) is 2.52. The van der Waals surface area contributed by atoms with Crippen LogP contribution in [0.1, 0.15) is 18.7 Å². The number of hydrogen-bond donors (Lipinski definition) is 1. The van der Waals surface area contributed by atoms with Crippen LogP contribution in [0.4, 0.5) is 0 Å². The molecule has 1 aromatic carbocycles. The van der Waals surface area contributed by atoms with Gasteiger partial charge in [0.15, 0.2) is 0 Å². The van der Waals surface area contributed by atoms with Crippen LogP contribution in [-0.4, -0.2) is 32.6 Å². The van der Waals surface area contributed by atoms with E-state index >= 15 is 0 Å². The van der Waals surface area contributed by atoms with E-state index in [9.17, 15) is 0 Å². The summed E-state index contributed by atoms with van der Waals surface area (Å²) in [6.07, 6.45) is 0.160. The molecular weight excluding hydrogens is 224 g/mol. The van der Waals surface area contributed by atoms with Crippen molar-refractivity contribution in [1.82, 2.24) is 10.2 Å². The lowest BCUT2D eigenvalue weighted by molar-refractivity contribution is 0.264. The van der Waals surface area contributed by atoms with Crippen molar-refractivity contribution in [2.24, 2.45) is 0 Å². The first-order chi connectivity index (χ1) is 7.60. The molecule has 0 aliphatic carbocycles. The van der Waals surface area contributed by atoms with E-state index in [1.165, 1.54) is 0 Å². The van der Waals surface area contributed by atoms with Crippen LogP contribution in [0.5, 0.6) is 5.75 Å². The molecule has 1 N–H and O–H groups in total. The van der Waals surface area contributed by atoms with Crippen molar-refractivity contribution in [2.75, 3.05) is 27.7 Å². The molecule has 0 spiro atoms. The minimum atomic E-state index is 0.160. The summed E-state index contributed by atoms with van der Waals surface area (Å²) >= 11 is 6.14. The quantitative estimate of drug-likeness (QED) is 0.803. The van der Waals surface area contributed by atoms with Gasteiger partial charge in [0.25, 0.3) is 0 Å². The van der Waals surface area contributed by atoms with Gasteiger partial charge in [-0.3, -0.25) is 4.90 Å². The Kier molecular flexibility index (Phi) is 5.06. The smallest absolute Gasteiger partial charge is 0.137 e. The molecule has 4 heteroatoms. The fourth-order valence-electron chi connectivity index (χ4n) is 1.68. The first kappa shape index (κ1) is 13.3. The minimum absolute atomic E-state index is 0.160. The van der Waals surface area contributed by atoms with Crippen LogP contribution in [0.3, 0.4) is 0 Å². The van der Waals surface area contributed by atoms with Gasteiger partial charge < -0.3 is 10.1 Å². The summed E-state index contributed by atoms with van der Waals surface area (Å²) in [6, 6.07) is 5.88. The second kappa shape index (κ2) is 6.09. The zero-order valence-corrected chi connectivity index (χ0v) is 11.0. The Balaban J connectivity index is 2.95. The zero-order chi connectivity index (χ0) is 12.1. The van der Waals surface area contributed by atoms with Gasteiger partial charge in [-0.2, -0.15) is 0 Å². The first-order valence-corrected chi connectivity index (χ1v) is 5.73. The van der Waals surface area contributed by atoms with Gasteiger partial charge in [0.2, 0.25) is 0 Å². The van der Waals surface area contributed by atoms with E-state index in [-0.39, 0.29) is 6.17 Å². The van der Waals surface area contributed by atoms with Crippen LogP contribution in [0, 0.1) is 0 Å². The lowest BCUT2D eigenvalue weighted by Gasteiger charge is -2.24. The topological polar surface area (TPSA) is 24.5 Å². The normalized spacial score (nSPS) is 12.9. The Morgan fingerprint density at radius 3 is 2.56 bits per heavy atom. The van der Waals surface area contributed by atoms with E-state index < -0.39 is 0 Å². The van der Waals surface area contributed by atoms with Crippen molar-refractivity contribution in [3.05, 3.63) is 28.8 Å². The molecule has 0 aliphatic rings. The van der Waals surface area contributed by atoms with E-state index in [4.69, 9.17) is 16.3 Å². The Hall–Kier alpha value is -0.770. The van der Waals surface area contributed by atoms with Gasteiger partial charge in [-0.1, -0.05) is 17.7 Å². The van der Waals surface area contributed by atoms with Crippen molar-refractivity contribution in [2.45, 2.75) is 13.1 Å². The Bertz CT molecular complexity index is 342. The number of hydrogen-bond acceptors (Lipinski definition) is 3. The standard InChI is InChI=1S/C12H19ClN2O/c1-5-16-11-7-6-9(8-10(11)13)12(14-2)15(3)4/h6-8,12,14H,5H2,1-4H3. The Morgan fingerprint density at radius 2 is 2.12 bits per heavy atom. The molecule has 0 radical (unpaired) electrons. The third kappa shape index (κ3) is 3.11. The third-order valence-electron chi connectivity index (χ3n) is 2.36. The summed E-state index contributed by atoms with van der Waals surface area (Å²) < 4.78 is 5.40. The summed E-state index contributed by atoms with van der Waals surface area (Å²) in [4.78, 5) is 2.09. The molecule has 0 bridgehead atoms. The molecule has 0 fully saturated rings. The van der Waals surface area contributed by atoms with Gasteiger partial charge >= 0.3 is 0 Å². The summed E-state index contributed by atoms with van der Waals surface area (Å²) in [6.45, 7) is 2.57. The van der Waals surface area contributed by atoms with E-state index in [1.807, 2.05) is 46.3 Å². The third-order valence-corrected chi connectivity index (χ3v) is 2.66. The summed E-state index contributed by atoms with van der Waals surface area (Å²) in [5.41, 5.74) is 1.13. The zero-order valence-electron chi connectivity index (χ0n) is 10.2. The highest BCUT2D eigenvalue weighted by atomic mass is 35.5. The van der Waals surface area contributed by atoms with E-state index in [0.29, 0.717) is 11.6 Å². The Morgan fingerprint density at radius 1 is 1.44 bits per heavy atom. The van der Waals surface area contributed by atoms with Crippen molar-refractivity contribution in [3.63, 3.8) is 0 Å². The second-order valence-electron chi connectivity index (χ2n) is 3.78. The molecule has 1 atom stereocenters. The molecule has 3 nitrogen and oxygen atoms in total. The molecule has 0 amide bonds. The predicted molar refractivity (Wildman–Crippen MR) is 68.1 cm³/mol. The highest BCUT2D eigenvalue weighted by molar-refractivity contribution is 6.32. The maximum Gasteiger partial charge on any atom is 0.137 e. The molecule has 1 aromatic rings. The van der Waals surface area contributed by atoms with Crippen LogP contribution in [0.25, 0.3) is 0 Å². The van der Waals surface area contributed by atoms with Crippen LogP contribution in [0.2, 0.25) is 5.02 Å². The maximum atomic E-state index is 6.14. The van der Waals surface area contributed by atoms with E-state index in [0.717, 1.165) is 11.3 Å². The minimum Gasteiger partial charge on any atom is -0.492 e. The average molecular weight is 243 g/mol. The lowest BCUT2D eigenvalue weighted by Crippen LogP contribution is -2.30. The number of benzene rings is 1. The van der Waals surface area contributed by atoms with Crippen molar-refractivity contribution in [3.8, 4) is 5.75 Å². The highest BCUT2D eigenvalue weighted by Crippen LogP contribution is 2.28. The SMILES string of the molecule is CCOc1ccc(C(NC)N(C)C)cc1Cl. The number of rotatable bonds is 5. The molecular formula is C12H19ClN2O. The van der Waals surface area contributed by atoms with Crippen LogP contribution >= 0.6 is 11.6 Å². The number of nitrogens with one attached hydrogen (secondary N) is 1. The number of halogens is 1. The van der Waals surface area contributed by atoms with Crippen LogP contribution < -0.4 is 10.1 Å². The van der Waals surface area contributed by atoms with Gasteiger partial charge in [0.1, 0.15) is 5.75 Å². The molecule has 0 heterocycles. The van der Waals surface area contributed by atoms with Crippen molar-refractivity contribution in [1.29, 1.82) is 0 Å². The fraction of sp³-hybridized carbons (Fsp3) is 0.500. The first-order valence-electron chi connectivity index (χ1n) is 5.36. The summed E-state index contributed by atoms with van der Waals surface area (Å²) in [7, 11) is 5.96. The summed E-state index contributed by atoms with van der Waals surface area (Å²) in [5, 5.41) is 3.88. The fourth-order valence-corrected chi connectivity index (χ4v) is 1.93. The maximum absolute atomic E-state index is 6.14. The van der Waals surface area contributed by atoms with Crippen LogP contribution in [-0.2, 0) is 0 Å². The van der Waals surface area contributed by atoms with Crippen molar-refractivity contribution < 1.29 is 4.74 Å². The number of ether oxygens (including phenoxy) is 1. The van der Waals surface area contributed by atoms with Gasteiger partial charge in [-0.15, -0.1) is 0 Å². The monoisotopic (exact) mass is 242 g/mol. The molecule has 0 aromatic heterocycles. The number of nitrogens with zero attached hydrogens (tertiary/aromatic N) is 1. The average Bonchev–Trinajstić information content (AvgIpc) is 2.22. The molecule has 0 saturated carbocycles. The highest BCUT2D eigenvalue weighted by Gasteiger charge is 2.13. The molecule has 16 heavy (non-hydrogen) atoms. The van der Waals surface area contributed by atoms with E-state index in [2.05, 4.69) is 10.2 Å². The largest absolute Gasteiger partial charge is 0.492 e. The van der Waals surface area contributed by atoms with Gasteiger partial charge in [0, 0.05) is 0 Å². The van der Waals surface area contributed by atoms with Gasteiger partial charge in [-0.05, 0) is 45.8 Å². The second-order valence-corrected chi connectivity index (χ2v) is 4.18. The lowest BCUT2D eigenvalue weighted by atomic mass is 10.1. The molecule has 1 unspecified atom stereocenters. The van der Waals surface area contributed by atoms with E-state index in [1.54, 1.807) is 0 Å². The molecule has 0 aliphatic heterocycles. The van der Waals surface area contributed by atoms with Crippen molar-refractivity contribution >= 4 is 11.6 Å². The molecule has 0 saturated heterocycles. The van der Waals surface area contributed by atoms with Crippen LogP contribution in [0.15, 0.2) is 18.2 Å². The van der Waals surface area contributed by atoms with Gasteiger partial charge in [-0.25, -0.2) is 0 Å². The van der Waals surface area contributed by atoms with Gasteiger partial charge in [0.05, 0.1) is 17.8 Å². The molecule has 90 valence electrons. The summed E-state index contributed by atoms with van der Waals surface area (Å²) in [5.74, 6) is 0.738. The molecule has 1 rings (SSSR count). The Labute approximate surface area is 102 Å².